The zero-order valence-corrected chi connectivity index (χ0v) is 20.3. The molecule has 1 aromatic heterocycles. The molecule has 5 atom stereocenters. The average molecular weight is 481 g/mol. The molecule has 0 unspecified atom stereocenters. The number of carbonyl (C=O) groups is 2. The number of para-hydroxylation sites is 1. The van der Waals surface area contributed by atoms with Gasteiger partial charge in [0.05, 0.1) is 18.0 Å². The van der Waals surface area contributed by atoms with Crippen molar-refractivity contribution in [1.82, 2.24) is 15.2 Å². The molecule has 1 aliphatic carbocycles. The highest BCUT2D eigenvalue weighted by Gasteiger charge is 2.48. The van der Waals surface area contributed by atoms with Crippen molar-refractivity contribution < 1.29 is 9.59 Å². The van der Waals surface area contributed by atoms with E-state index in [9.17, 15) is 9.59 Å². The Morgan fingerprint density at radius 3 is 2.47 bits per heavy atom. The van der Waals surface area contributed by atoms with Crippen LogP contribution in [0.5, 0.6) is 0 Å². The summed E-state index contributed by atoms with van der Waals surface area (Å²) in [5.41, 5.74) is 4.13. The molecular formula is C30H32N4O2. The number of aromatic nitrogens is 1. The first-order valence-electron chi connectivity index (χ1n) is 13.1. The van der Waals surface area contributed by atoms with Gasteiger partial charge in [-0.3, -0.25) is 14.6 Å². The summed E-state index contributed by atoms with van der Waals surface area (Å²) < 4.78 is 0. The summed E-state index contributed by atoms with van der Waals surface area (Å²) in [4.78, 5) is 33.4. The summed E-state index contributed by atoms with van der Waals surface area (Å²) in [5.74, 6) is 0.189. The van der Waals surface area contributed by atoms with Crippen molar-refractivity contribution in [2.75, 3.05) is 11.9 Å². The van der Waals surface area contributed by atoms with Gasteiger partial charge in [0, 0.05) is 42.1 Å². The molecule has 6 nitrogen and oxygen atoms in total. The topological polar surface area (TPSA) is 74.3 Å². The van der Waals surface area contributed by atoms with E-state index in [0.717, 1.165) is 44.3 Å². The van der Waals surface area contributed by atoms with Crippen LogP contribution in [0, 0.1) is 11.8 Å². The number of carbonyl (C=O) groups excluding carboxylic acids is 2. The van der Waals surface area contributed by atoms with Gasteiger partial charge in [0.2, 0.25) is 5.91 Å². The lowest BCUT2D eigenvalue weighted by atomic mass is 9.79. The molecule has 2 fully saturated rings. The van der Waals surface area contributed by atoms with Crippen molar-refractivity contribution in [2.45, 2.75) is 50.2 Å². The summed E-state index contributed by atoms with van der Waals surface area (Å²) >= 11 is 0. The van der Waals surface area contributed by atoms with Crippen LogP contribution in [-0.4, -0.2) is 34.3 Å². The second kappa shape index (κ2) is 9.76. The van der Waals surface area contributed by atoms with Gasteiger partial charge < -0.3 is 15.5 Å². The van der Waals surface area contributed by atoms with Crippen molar-refractivity contribution in [1.29, 1.82) is 0 Å². The second-order valence-electron chi connectivity index (χ2n) is 10.3. The molecule has 3 heterocycles. The Hall–Kier alpha value is -3.67. The highest BCUT2D eigenvalue weighted by Crippen LogP contribution is 2.51. The zero-order valence-electron chi connectivity index (χ0n) is 20.3. The van der Waals surface area contributed by atoms with E-state index in [1.807, 2.05) is 48.8 Å². The van der Waals surface area contributed by atoms with Crippen LogP contribution in [0.1, 0.15) is 65.7 Å². The lowest BCUT2D eigenvalue weighted by molar-refractivity contribution is -0.138. The lowest BCUT2D eigenvalue weighted by Crippen LogP contribution is -2.50. The van der Waals surface area contributed by atoms with Crippen molar-refractivity contribution in [3.8, 4) is 0 Å². The van der Waals surface area contributed by atoms with E-state index in [4.69, 9.17) is 0 Å². The zero-order chi connectivity index (χ0) is 24.5. The minimum absolute atomic E-state index is 0.0283. The molecule has 3 aliphatic rings. The highest BCUT2D eigenvalue weighted by atomic mass is 16.2. The van der Waals surface area contributed by atoms with Crippen LogP contribution in [0.25, 0.3) is 0 Å². The second-order valence-corrected chi connectivity index (χ2v) is 10.3. The Labute approximate surface area is 212 Å². The molecule has 3 aromatic rings. The van der Waals surface area contributed by atoms with Gasteiger partial charge in [-0.15, -0.1) is 0 Å². The first kappa shape index (κ1) is 22.8. The Kier molecular flexibility index (Phi) is 6.18. The SMILES string of the molecule is O=C(N[C@@H]1CCCC[C@@H]1C(=O)N1CC[C@@H]2[C@H](c3ccncc3)Nc3ccccc3[C@@H]21)c1ccccc1. The average Bonchev–Trinajstić information content (AvgIpc) is 3.39. The number of pyridine rings is 1. The third-order valence-electron chi connectivity index (χ3n) is 8.25. The molecule has 2 N–H and O–H groups in total. The van der Waals surface area contributed by atoms with Crippen molar-refractivity contribution >= 4 is 17.5 Å². The predicted octanol–water partition coefficient (Wildman–Crippen LogP) is 5.13. The van der Waals surface area contributed by atoms with Gasteiger partial charge in [-0.05, 0) is 60.7 Å². The van der Waals surface area contributed by atoms with Crippen LogP contribution in [0.4, 0.5) is 5.69 Å². The van der Waals surface area contributed by atoms with Crippen molar-refractivity contribution in [3.63, 3.8) is 0 Å². The Morgan fingerprint density at radius 2 is 1.64 bits per heavy atom. The van der Waals surface area contributed by atoms with E-state index in [1.165, 1.54) is 11.1 Å². The van der Waals surface area contributed by atoms with Crippen molar-refractivity contribution in [2.24, 2.45) is 11.8 Å². The molecule has 0 spiro atoms. The number of fused-ring (bicyclic) bond motifs is 3. The van der Waals surface area contributed by atoms with Gasteiger partial charge >= 0.3 is 0 Å². The Balaban J connectivity index is 1.28. The van der Waals surface area contributed by atoms with Crippen LogP contribution in [0.2, 0.25) is 0 Å². The third kappa shape index (κ3) is 4.15. The first-order valence-corrected chi connectivity index (χ1v) is 13.1. The van der Waals surface area contributed by atoms with E-state index in [0.29, 0.717) is 5.56 Å². The fraction of sp³-hybridized carbons (Fsp3) is 0.367. The maximum atomic E-state index is 14.2. The maximum absolute atomic E-state index is 14.2. The molecule has 0 radical (unpaired) electrons. The normalized spacial score (nSPS) is 26.9. The van der Waals surface area contributed by atoms with Crippen LogP contribution >= 0.6 is 0 Å². The molecule has 6 heteroatoms. The van der Waals surface area contributed by atoms with Gasteiger partial charge in [-0.1, -0.05) is 49.2 Å². The summed E-state index contributed by atoms with van der Waals surface area (Å²) in [5, 5.41) is 6.96. The number of anilines is 1. The smallest absolute Gasteiger partial charge is 0.251 e. The molecule has 1 saturated heterocycles. The third-order valence-corrected chi connectivity index (χ3v) is 8.25. The van der Waals surface area contributed by atoms with Crippen LogP contribution in [-0.2, 0) is 4.79 Å². The molecule has 2 amide bonds. The summed E-state index contributed by atoms with van der Waals surface area (Å²) in [6, 6.07) is 21.9. The fourth-order valence-electron chi connectivity index (χ4n) is 6.53. The standard InChI is InChI=1S/C30H32N4O2/c35-29(21-8-2-1-3-9-21)33-26-13-7-5-11-23(26)30(36)34-19-16-24-27(20-14-17-31-18-15-20)32-25-12-6-4-10-22(25)28(24)34/h1-4,6,8-10,12,14-15,17-18,23-24,26-28,32H,5,7,11,13,16,19H2,(H,33,35)/t23-,24+,26+,27-,28-/m0/s1. The number of hydrogen-bond acceptors (Lipinski definition) is 4. The molecule has 0 bridgehead atoms. The van der Waals surface area contributed by atoms with E-state index in [-0.39, 0.29) is 41.8 Å². The maximum Gasteiger partial charge on any atom is 0.251 e. The van der Waals surface area contributed by atoms with Crippen LogP contribution in [0.15, 0.2) is 79.1 Å². The van der Waals surface area contributed by atoms with Gasteiger partial charge in [0.25, 0.3) is 5.91 Å². The summed E-state index contributed by atoms with van der Waals surface area (Å²) in [7, 11) is 0. The number of nitrogens with zero attached hydrogens (tertiary/aromatic N) is 2. The predicted molar refractivity (Wildman–Crippen MR) is 139 cm³/mol. The molecule has 2 aliphatic heterocycles. The Bertz CT molecular complexity index is 1230. The van der Waals surface area contributed by atoms with E-state index in [1.54, 1.807) is 0 Å². The largest absolute Gasteiger partial charge is 0.378 e. The number of likely N-dealkylation sites (tertiary alicyclic amines) is 1. The van der Waals surface area contributed by atoms with Gasteiger partial charge in [-0.2, -0.15) is 0 Å². The molecular weight excluding hydrogens is 448 g/mol. The van der Waals surface area contributed by atoms with Gasteiger partial charge in [0.1, 0.15) is 0 Å². The molecule has 184 valence electrons. The summed E-state index contributed by atoms with van der Waals surface area (Å²) in [6.07, 6.45) is 8.34. The van der Waals surface area contributed by atoms with E-state index >= 15 is 0 Å². The molecule has 36 heavy (non-hydrogen) atoms. The number of benzene rings is 2. The van der Waals surface area contributed by atoms with Crippen molar-refractivity contribution in [3.05, 3.63) is 95.8 Å². The van der Waals surface area contributed by atoms with Gasteiger partial charge in [-0.25, -0.2) is 0 Å². The number of nitrogens with one attached hydrogen (secondary N) is 2. The summed E-state index contributed by atoms with van der Waals surface area (Å²) in [6.45, 7) is 0.738. The van der Waals surface area contributed by atoms with Crippen LogP contribution in [0.3, 0.4) is 0 Å². The highest BCUT2D eigenvalue weighted by molar-refractivity contribution is 5.94. The fourth-order valence-corrected chi connectivity index (χ4v) is 6.53. The number of hydrogen-bond donors (Lipinski definition) is 2. The van der Waals surface area contributed by atoms with E-state index in [2.05, 4.69) is 50.8 Å². The van der Waals surface area contributed by atoms with Gasteiger partial charge in [0.15, 0.2) is 0 Å². The number of amides is 2. The monoisotopic (exact) mass is 480 g/mol. The molecule has 1 saturated carbocycles. The van der Waals surface area contributed by atoms with Crippen LogP contribution < -0.4 is 10.6 Å². The minimum Gasteiger partial charge on any atom is -0.378 e. The lowest BCUT2D eigenvalue weighted by Gasteiger charge is -2.42. The molecule has 2 aromatic carbocycles. The first-order chi connectivity index (χ1) is 17.7. The van der Waals surface area contributed by atoms with E-state index < -0.39 is 0 Å². The number of rotatable bonds is 4. The quantitative estimate of drug-likeness (QED) is 0.543. The minimum atomic E-state index is -0.188. The molecule has 6 rings (SSSR count). The Morgan fingerprint density at radius 1 is 0.889 bits per heavy atom.